The molecule has 0 spiro atoms. The second kappa shape index (κ2) is 6.03. The lowest BCUT2D eigenvalue weighted by atomic mass is 10.0. The van der Waals surface area contributed by atoms with Gasteiger partial charge >= 0.3 is 0 Å². The Hall–Kier alpha value is -1.60. The van der Waals surface area contributed by atoms with Gasteiger partial charge in [-0.3, -0.25) is 0 Å². The molecule has 1 heteroatoms. The molecule has 2 aromatic carbocycles. The van der Waals surface area contributed by atoms with Crippen LogP contribution in [0, 0.1) is 13.8 Å². The first kappa shape index (κ1) is 13.8. The minimum atomic E-state index is 0.358. The first-order valence-electron chi connectivity index (χ1n) is 6.95. The zero-order chi connectivity index (χ0) is 13.8. The van der Waals surface area contributed by atoms with Gasteiger partial charge in [-0.25, -0.2) is 0 Å². The lowest BCUT2D eigenvalue weighted by Gasteiger charge is -2.21. The number of aryl methyl sites for hydroxylation is 2. The van der Waals surface area contributed by atoms with E-state index >= 15 is 0 Å². The zero-order valence-corrected chi connectivity index (χ0v) is 12.3. The topological polar surface area (TPSA) is 12.0 Å². The molecular weight excluding hydrogens is 230 g/mol. The van der Waals surface area contributed by atoms with Crippen LogP contribution in [0.15, 0.2) is 48.5 Å². The molecule has 0 aromatic heterocycles. The number of benzene rings is 2. The molecule has 2 aromatic rings. The molecule has 0 amide bonds. The Labute approximate surface area is 116 Å². The van der Waals surface area contributed by atoms with Crippen molar-refractivity contribution in [3.63, 3.8) is 0 Å². The van der Waals surface area contributed by atoms with Crippen molar-refractivity contribution >= 4 is 0 Å². The Morgan fingerprint density at radius 1 is 0.737 bits per heavy atom. The highest BCUT2D eigenvalue weighted by atomic mass is 14.9. The van der Waals surface area contributed by atoms with Crippen LogP contribution < -0.4 is 5.32 Å². The molecule has 0 heterocycles. The van der Waals surface area contributed by atoms with Crippen molar-refractivity contribution in [2.24, 2.45) is 0 Å². The van der Waals surface area contributed by atoms with Crippen LogP contribution in [0.1, 0.15) is 48.2 Å². The SMILES string of the molecule is Cc1ccc(C(C)N[C@H](C)c2cccc(C)c2)cc1. The molecule has 1 nitrogen and oxygen atoms in total. The van der Waals surface area contributed by atoms with E-state index in [4.69, 9.17) is 0 Å². The Kier molecular flexibility index (Phi) is 4.39. The van der Waals surface area contributed by atoms with Crippen LogP contribution in [-0.2, 0) is 0 Å². The van der Waals surface area contributed by atoms with E-state index in [0.717, 1.165) is 0 Å². The largest absolute Gasteiger partial charge is 0.304 e. The van der Waals surface area contributed by atoms with Crippen LogP contribution >= 0.6 is 0 Å². The molecule has 0 aliphatic carbocycles. The predicted octanol–water partition coefficient (Wildman–Crippen LogP) is 4.72. The molecule has 1 unspecified atom stereocenters. The zero-order valence-electron chi connectivity index (χ0n) is 12.3. The van der Waals surface area contributed by atoms with Gasteiger partial charge in [0.05, 0.1) is 0 Å². The molecule has 2 rings (SSSR count). The Morgan fingerprint density at radius 3 is 2.00 bits per heavy atom. The van der Waals surface area contributed by atoms with Crippen molar-refractivity contribution in [3.05, 3.63) is 70.8 Å². The van der Waals surface area contributed by atoms with Crippen molar-refractivity contribution in [1.82, 2.24) is 5.32 Å². The highest BCUT2D eigenvalue weighted by Crippen LogP contribution is 2.20. The van der Waals surface area contributed by atoms with Gasteiger partial charge < -0.3 is 5.32 Å². The lowest BCUT2D eigenvalue weighted by Crippen LogP contribution is -2.22. The predicted molar refractivity (Wildman–Crippen MR) is 82.3 cm³/mol. The molecule has 19 heavy (non-hydrogen) atoms. The van der Waals surface area contributed by atoms with Gasteiger partial charge in [0.1, 0.15) is 0 Å². The minimum absolute atomic E-state index is 0.358. The summed E-state index contributed by atoms with van der Waals surface area (Å²) in [5, 5.41) is 3.66. The molecule has 0 aliphatic heterocycles. The molecule has 0 aliphatic rings. The van der Waals surface area contributed by atoms with E-state index in [1.807, 2.05) is 0 Å². The van der Waals surface area contributed by atoms with Gasteiger partial charge in [0.2, 0.25) is 0 Å². The van der Waals surface area contributed by atoms with Crippen molar-refractivity contribution in [1.29, 1.82) is 0 Å². The third kappa shape index (κ3) is 3.68. The Balaban J connectivity index is 2.06. The van der Waals surface area contributed by atoms with Gasteiger partial charge in [-0.2, -0.15) is 0 Å². The fourth-order valence-corrected chi connectivity index (χ4v) is 2.36. The summed E-state index contributed by atoms with van der Waals surface area (Å²) in [6.07, 6.45) is 0. The number of hydrogen-bond donors (Lipinski definition) is 1. The van der Waals surface area contributed by atoms with Gasteiger partial charge in [-0.05, 0) is 38.8 Å². The molecule has 2 atom stereocenters. The Bertz CT molecular complexity index is 528. The van der Waals surface area contributed by atoms with Crippen LogP contribution in [-0.4, -0.2) is 0 Å². The summed E-state index contributed by atoms with van der Waals surface area (Å²) in [5.74, 6) is 0. The fourth-order valence-electron chi connectivity index (χ4n) is 2.36. The van der Waals surface area contributed by atoms with Crippen molar-refractivity contribution in [2.75, 3.05) is 0 Å². The molecular formula is C18H23N. The standard InChI is InChI=1S/C18H23N/c1-13-8-10-17(11-9-13)15(3)19-16(4)18-7-5-6-14(2)12-18/h5-12,15-16,19H,1-4H3/t15?,16-/m1/s1. The van der Waals surface area contributed by atoms with Crippen LogP contribution in [0.5, 0.6) is 0 Å². The average molecular weight is 253 g/mol. The van der Waals surface area contributed by atoms with Crippen LogP contribution in [0.25, 0.3) is 0 Å². The van der Waals surface area contributed by atoms with Crippen LogP contribution in [0.3, 0.4) is 0 Å². The highest BCUT2D eigenvalue weighted by molar-refractivity contribution is 5.27. The summed E-state index contributed by atoms with van der Waals surface area (Å²) >= 11 is 0. The van der Waals surface area contributed by atoms with Gasteiger partial charge in [0.25, 0.3) is 0 Å². The summed E-state index contributed by atoms with van der Waals surface area (Å²) in [6, 6.07) is 18.2. The number of nitrogens with one attached hydrogen (secondary N) is 1. The third-order valence-electron chi connectivity index (χ3n) is 3.62. The molecule has 100 valence electrons. The lowest BCUT2D eigenvalue weighted by molar-refractivity contribution is 0.494. The van der Waals surface area contributed by atoms with E-state index in [0.29, 0.717) is 12.1 Å². The van der Waals surface area contributed by atoms with Crippen molar-refractivity contribution < 1.29 is 0 Å². The Morgan fingerprint density at radius 2 is 1.37 bits per heavy atom. The summed E-state index contributed by atoms with van der Waals surface area (Å²) in [5.41, 5.74) is 5.31. The van der Waals surface area contributed by atoms with Gasteiger partial charge in [0.15, 0.2) is 0 Å². The molecule has 0 radical (unpaired) electrons. The summed E-state index contributed by atoms with van der Waals surface area (Å²) in [7, 11) is 0. The average Bonchev–Trinajstić information content (AvgIpc) is 2.39. The first-order valence-corrected chi connectivity index (χ1v) is 6.95. The van der Waals surface area contributed by atoms with Crippen LogP contribution in [0.2, 0.25) is 0 Å². The molecule has 0 saturated heterocycles. The first-order chi connectivity index (χ1) is 9.06. The number of hydrogen-bond acceptors (Lipinski definition) is 1. The fraction of sp³-hybridized carbons (Fsp3) is 0.333. The monoisotopic (exact) mass is 253 g/mol. The summed E-state index contributed by atoms with van der Waals surface area (Å²) < 4.78 is 0. The van der Waals surface area contributed by atoms with E-state index in [1.165, 1.54) is 22.3 Å². The highest BCUT2D eigenvalue weighted by Gasteiger charge is 2.10. The molecule has 0 fully saturated rings. The second-order valence-corrected chi connectivity index (χ2v) is 5.43. The summed E-state index contributed by atoms with van der Waals surface area (Å²) in [6.45, 7) is 8.70. The van der Waals surface area contributed by atoms with E-state index in [9.17, 15) is 0 Å². The van der Waals surface area contributed by atoms with Crippen molar-refractivity contribution in [2.45, 2.75) is 39.8 Å². The van der Waals surface area contributed by atoms with Crippen molar-refractivity contribution in [3.8, 4) is 0 Å². The van der Waals surface area contributed by atoms with Gasteiger partial charge in [-0.15, -0.1) is 0 Å². The molecule has 0 saturated carbocycles. The van der Waals surface area contributed by atoms with Gasteiger partial charge in [-0.1, -0.05) is 59.7 Å². The van der Waals surface area contributed by atoms with E-state index < -0.39 is 0 Å². The maximum atomic E-state index is 3.66. The summed E-state index contributed by atoms with van der Waals surface area (Å²) in [4.78, 5) is 0. The minimum Gasteiger partial charge on any atom is -0.304 e. The van der Waals surface area contributed by atoms with Crippen LogP contribution in [0.4, 0.5) is 0 Å². The third-order valence-corrected chi connectivity index (χ3v) is 3.62. The second-order valence-electron chi connectivity index (χ2n) is 5.43. The van der Waals surface area contributed by atoms with E-state index in [-0.39, 0.29) is 0 Å². The molecule has 1 N–H and O–H groups in total. The number of rotatable bonds is 4. The maximum Gasteiger partial charge on any atom is 0.0297 e. The molecule has 0 bridgehead atoms. The van der Waals surface area contributed by atoms with Gasteiger partial charge in [0, 0.05) is 12.1 Å². The van der Waals surface area contributed by atoms with E-state index in [1.54, 1.807) is 0 Å². The normalized spacial score (nSPS) is 14.1. The van der Waals surface area contributed by atoms with E-state index in [2.05, 4.69) is 81.5 Å². The maximum absolute atomic E-state index is 3.66. The smallest absolute Gasteiger partial charge is 0.0297 e. The quantitative estimate of drug-likeness (QED) is 0.831.